The van der Waals surface area contributed by atoms with Gasteiger partial charge >= 0.3 is 182 Å². The van der Waals surface area contributed by atoms with E-state index in [-0.39, 0.29) is 191 Å². The predicted molar refractivity (Wildman–Crippen MR) is 56.4 cm³/mol. The number of hydrogen-bond acceptors (Lipinski definition) is 8. The summed E-state index contributed by atoms with van der Waals surface area (Å²) in [4.78, 5) is 51.3. The third-order valence-corrected chi connectivity index (χ3v) is 0. The first-order chi connectivity index (χ1) is 4.00. The molecule has 0 amide bonds. The Balaban J connectivity index is -0.00000000314. The van der Waals surface area contributed by atoms with E-state index in [1.807, 2.05) is 0 Å². The quantitative estimate of drug-likeness (QED) is 0.290. The molecule has 0 saturated carbocycles. The van der Waals surface area contributed by atoms with Gasteiger partial charge in [0.05, 0.1) is 0 Å². The Hall–Kier alpha value is 6.30. The molecule has 0 saturated heterocycles. The summed E-state index contributed by atoms with van der Waals surface area (Å²) in [5.74, 6) is 0. The molecular formula is H6Ca3Mg3O8P2. The van der Waals surface area contributed by atoms with Gasteiger partial charge < -0.3 is 47.1 Å². The van der Waals surface area contributed by atoms with Gasteiger partial charge in [0.1, 0.15) is 0 Å². The Morgan fingerprint density at radius 3 is 0.562 bits per heavy atom. The Bertz CT molecular complexity index is 159. The molecule has 16 heteroatoms. The monoisotopic (exact) mass is 388 g/mol. The van der Waals surface area contributed by atoms with Crippen molar-refractivity contribution in [2.24, 2.45) is 0 Å². The average molecular weight is 389 g/mol. The fourth-order valence-electron chi connectivity index (χ4n) is 0. The molecule has 0 radical (unpaired) electrons. The van der Waals surface area contributed by atoms with E-state index in [0.717, 1.165) is 0 Å². The molecule has 0 aromatic rings. The van der Waals surface area contributed by atoms with Crippen molar-refractivity contribution in [2.45, 2.75) is 0 Å². The molecule has 0 N–H and O–H groups in total. The molecule has 0 atom stereocenters. The molecule has 16 heavy (non-hydrogen) atoms. The van der Waals surface area contributed by atoms with E-state index >= 15 is 0 Å². The zero-order valence-corrected chi connectivity index (χ0v) is 21.1. The number of rotatable bonds is 0. The molecule has 0 fully saturated rings. The molecule has 0 aromatic heterocycles. The first-order valence-electron chi connectivity index (χ1n) is 1.46. The summed E-state index contributed by atoms with van der Waals surface area (Å²) < 4.78 is 17.1. The molecule has 0 aliphatic carbocycles. The van der Waals surface area contributed by atoms with Crippen LogP contribution in [0.2, 0.25) is 0 Å². The van der Waals surface area contributed by atoms with Gasteiger partial charge in [-0.1, -0.05) is 0 Å². The van der Waals surface area contributed by atoms with Gasteiger partial charge in [0, 0.05) is 0 Å². The smallest absolute Gasteiger partial charge is 1.00 e. The van der Waals surface area contributed by atoms with Gasteiger partial charge in [0.2, 0.25) is 0 Å². The Labute approximate surface area is 239 Å². The molecule has 0 aliphatic heterocycles. The molecule has 0 aromatic carbocycles. The van der Waals surface area contributed by atoms with Crippen LogP contribution in [0.25, 0.3) is 0 Å². The van der Waals surface area contributed by atoms with E-state index < -0.39 is 15.6 Å². The van der Waals surface area contributed by atoms with E-state index in [1.54, 1.807) is 0 Å². The van der Waals surface area contributed by atoms with Crippen LogP contribution in [-0.4, -0.2) is 182 Å². The fourth-order valence-corrected chi connectivity index (χ4v) is 0. The van der Waals surface area contributed by atoms with E-state index in [4.69, 9.17) is 38.5 Å². The zero-order chi connectivity index (χ0) is 9.00. The topological polar surface area (TPSA) is 172 Å². The van der Waals surface area contributed by atoms with Crippen LogP contribution < -0.4 is 29.4 Å². The minimum absolute atomic E-state index is 0. The van der Waals surface area contributed by atoms with Gasteiger partial charge in [-0.3, -0.25) is 0 Å². The second kappa shape index (κ2) is 26.2. The van der Waals surface area contributed by atoms with Crippen molar-refractivity contribution >= 4 is 198 Å². The van der Waals surface area contributed by atoms with Crippen LogP contribution in [0, 0.1) is 0 Å². The van der Waals surface area contributed by atoms with Crippen molar-refractivity contribution in [1.29, 1.82) is 0 Å². The standard InChI is InChI=1S/3Ca.3Mg.2H3O4P.6H/c;;;;;;2*1-5(2,3)4;;;;;;/h;;;;;;2*(H3,1,2,3,4);;;;;;/q6*+2;;;6*-1/p-6. The van der Waals surface area contributed by atoms with Crippen LogP contribution >= 0.6 is 15.6 Å². The molecular weight excluding hydrogens is 383 g/mol. The molecule has 76 valence electrons. The van der Waals surface area contributed by atoms with Crippen LogP contribution in [0.5, 0.6) is 0 Å². The maximum Gasteiger partial charge on any atom is 2.00 e. The Morgan fingerprint density at radius 1 is 0.562 bits per heavy atom. The van der Waals surface area contributed by atoms with Gasteiger partial charge in [-0.2, -0.15) is 15.6 Å². The summed E-state index contributed by atoms with van der Waals surface area (Å²) >= 11 is 0. The molecule has 0 spiro atoms. The maximum atomic E-state index is 8.55. The van der Waals surface area contributed by atoms with Crippen molar-refractivity contribution in [3.63, 3.8) is 0 Å². The molecule has 0 aliphatic rings. The second-order valence-corrected chi connectivity index (χ2v) is 2.68. The Kier molecular flexibility index (Phi) is 81.0. The molecule has 0 unspecified atom stereocenters. The third-order valence-electron chi connectivity index (χ3n) is 0. The van der Waals surface area contributed by atoms with Gasteiger partial charge in [-0.05, 0) is 0 Å². The number of hydrogen-bond donors (Lipinski definition) is 0. The van der Waals surface area contributed by atoms with E-state index in [2.05, 4.69) is 0 Å². The largest absolute Gasteiger partial charge is 2.00 e. The molecule has 0 bridgehead atoms. The minimum Gasteiger partial charge on any atom is -1.00 e. The van der Waals surface area contributed by atoms with Crippen molar-refractivity contribution < 1.29 is 47.1 Å². The fraction of sp³-hybridized carbons (Fsp3) is 0. The van der Waals surface area contributed by atoms with Crippen molar-refractivity contribution in [3.05, 3.63) is 0 Å². The number of phosphoric acid groups is 2. The Morgan fingerprint density at radius 2 is 0.562 bits per heavy atom. The van der Waals surface area contributed by atoms with Crippen LogP contribution in [0.15, 0.2) is 0 Å². The van der Waals surface area contributed by atoms with Gasteiger partial charge in [-0.15, -0.1) is 0 Å². The van der Waals surface area contributed by atoms with Gasteiger partial charge in [0.25, 0.3) is 0 Å². The summed E-state index contributed by atoms with van der Waals surface area (Å²) in [7, 11) is -10.8. The zero-order valence-electron chi connectivity index (χ0n) is 14.4. The van der Waals surface area contributed by atoms with Crippen LogP contribution in [0.3, 0.4) is 0 Å². The van der Waals surface area contributed by atoms with Gasteiger partial charge in [-0.25, -0.2) is 0 Å². The van der Waals surface area contributed by atoms with E-state index in [9.17, 15) is 0 Å². The van der Waals surface area contributed by atoms with E-state index in [1.165, 1.54) is 0 Å². The summed E-state index contributed by atoms with van der Waals surface area (Å²) in [6, 6.07) is 0. The summed E-state index contributed by atoms with van der Waals surface area (Å²) in [5, 5.41) is 0. The van der Waals surface area contributed by atoms with Gasteiger partial charge in [0.15, 0.2) is 0 Å². The molecule has 8 nitrogen and oxygen atoms in total. The summed E-state index contributed by atoms with van der Waals surface area (Å²) in [5.41, 5.74) is 0. The minimum atomic E-state index is -5.39. The van der Waals surface area contributed by atoms with Crippen LogP contribution in [-0.2, 0) is 9.13 Å². The molecule has 0 heterocycles. The summed E-state index contributed by atoms with van der Waals surface area (Å²) in [6.07, 6.45) is 0. The third kappa shape index (κ3) is 191. The maximum absolute atomic E-state index is 8.55. The van der Waals surface area contributed by atoms with Crippen LogP contribution in [0.1, 0.15) is 8.56 Å². The second-order valence-electron chi connectivity index (χ2n) is 0.894. The van der Waals surface area contributed by atoms with Crippen molar-refractivity contribution in [1.82, 2.24) is 0 Å². The van der Waals surface area contributed by atoms with Crippen molar-refractivity contribution in [3.8, 4) is 0 Å². The van der Waals surface area contributed by atoms with Crippen molar-refractivity contribution in [2.75, 3.05) is 0 Å². The average Bonchev–Trinajstić information content (AvgIpc) is 1.12. The molecule has 0 rings (SSSR count). The normalized spacial score (nSPS) is 7.38. The first kappa shape index (κ1) is 49.5. The summed E-state index contributed by atoms with van der Waals surface area (Å²) in [6.45, 7) is 0. The van der Waals surface area contributed by atoms with E-state index in [0.29, 0.717) is 0 Å². The van der Waals surface area contributed by atoms with Crippen LogP contribution in [0.4, 0.5) is 0 Å². The predicted octanol–water partition coefficient (Wildman–Crippen LogP) is -7.26. The first-order valence-corrected chi connectivity index (χ1v) is 4.38. The SMILES string of the molecule is O=P([O-])([O-])[O-].O=P([O-])([O-])[O-].[Ca+2].[Ca+2].[Ca+2].[H-].[H-].[H-].[H-].[H-].[H-].[Mg+2].[Mg+2].[Mg+2].